The van der Waals surface area contributed by atoms with Gasteiger partial charge in [-0.05, 0) is 54.6 Å². The first kappa shape index (κ1) is 15.3. The van der Waals surface area contributed by atoms with Gasteiger partial charge in [-0.15, -0.1) is 0 Å². The maximum absolute atomic E-state index is 13.3. The third-order valence-electron chi connectivity index (χ3n) is 3.67. The normalized spacial score (nSPS) is 11.1. The van der Waals surface area contributed by atoms with Gasteiger partial charge in [0.2, 0.25) is 0 Å². The summed E-state index contributed by atoms with van der Waals surface area (Å²) in [4.78, 5) is 2.08. The van der Waals surface area contributed by atoms with Crippen LogP contribution in [0.5, 0.6) is 0 Å². The molecule has 0 atom stereocenters. The van der Waals surface area contributed by atoms with Gasteiger partial charge in [-0.25, -0.2) is 4.39 Å². The van der Waals surface area contributed by atoms with Crippen LogP contribution in [0, 0.1) is 5.82 Å². The molecule has 0 fully saturated rings. The predicted octanol–water partition coefficient (Wildman–Crippen LogP) is 7.04. The lowest BCUT2D eigenvalue weighted by Crippen LogP contribution is -1.80. The number of rotatable bonds is 3. The Hall–Kier alpha value is -2.23. The molecule has 118 valence electrons. The van der Waals surface area contributed by atoms with Gasteiger partial charge in [-0.3, -0.25) is 0 Å². The van der Waals surface area contributed by atoms with Crippen molar-refractivity contribution in [3.63, 3.8) is 0 Å². The Morgan fingerprint density at radius 3 is 2.38 bits per heavy atom. The summed E-state index contributed by atoms with van der Waals surface area (Å²) < 4.78 is 19.3. The highest BCUT2D eigenvalue weighted by Gasteiger charge is 2.17. The summed E-state index contributed by atoms with van der Waals surface area (Å²) >= 11 is 7.78. The van der Waals surface area contributed by atoms with E-state index >= 15 is 0 Å². The predicted molar refractivity (Wildman–Crippen MR) is 97.2 cm³/mol. The molecule has 0 radical (unpaired) electrons. The largest absolute Gasteiger partial charge is 0.455 e. The molecule has 0 aliphatic heterocycles. The van der Waals surface area contributed by atoms with E-state index in [4.69, 9.17) is 16.0 Å². The molecule has 0 bridgehead atoms. The minimum atomic E-state index is -0.268. The number of fused-ring (bicyclic) bond motifs is 1. The molecule has 1 aromatic heterocycles. The third kappa shape index (κ3) is 2.93. The highest BCUT2D eigenvalue weighted by atomic mass is 35.5. The first-order valence-corrected chi connectivity index (χ1v) is 8.61. The van der Waals surface area contributed by atoms with Crippen LogP contribution in [0.1, 0.15) is 0 Å². The van der Waals surface area contributed by atoms with Crippen molar-refractivity contribution in [1.82, 2.24) is 0 Å². The molecular weight excluding hydrogens is 343 g/mol. The molecule has 1 nitrogen and oxygen atoms in total. The van der Waals surface area contributed by atoms with Gasteiger partial charge < -0.3 is 4.42 Å². The Labute approximate surface area is 148 Å². The molecule has 0 aliphatic rings. The zero-order valence-corrected chi connectivity index (χ0v) is 14.1. The van der Waals surface area contributed by atoms with Crippen LogP contribution in [-0.2, 0) is 0 Å². The average molecular weight is 355 g/mol. The molecule has 3 aromatic carbocycles. The maximum atomic E-state index is 13.3. The molecular formula is C20H12ClFOS. The first-order valence-electron chi connectivity index (χ1n) is 7.41. The van der Waals surface area contributed by atoms with Crippen LogP contribution in [0.2, 0.25) is 5.02 Å². The Balaban J connectivity index is 1.91. The monoisotopic (exact) mass is 354 g/mol. The summed E-state index contributed by atoms with van der Waals surface area (Å²) in [5.74, 6) is 0.455. The molecule has 0 amide bonds. The highest BCUT2D eigenvalue weighted by molar-refractivity contribution is 7.99. The molecule has 0 aliphatic carbocycles. The fraction of sp³-hybridized carbons (Fsp3) is 0. The molecule has 4 aromatic rings. The Kier molecular flexibility index (Phi) is 4.05. The highest BCUT2D eigenvalue weighted by Crippen LogP contribution is 2.43. The lowest BCUT2D eigenvalue weighted by atomic mass is 10.1. The van der Waals surface area contributed by atoms with E-state index in [1.807, 2.05) is 42.5 Å². The first-order chi connectivity index (χ1) is 11.7. The van der Waals surface area contributed by atoms with Crippen molar-refractivity contribution in [3.8, 4) is 11.3 Å². The fourth-order valence-corrected chi connectivity index (χ4v) is 3.77. The Morgan fingerprint density at radius 2 is 1.62 bits per heavy atom. The summed E-state index contributed by atoms with van der Waals surface area (Å²) in [6, 6.07) is 22.0. The SMILES string of the molecule is Fc1ccc(-c2oc3ccc(Cl)cc3c2Sc2ccccc2)cc1. The second-order valence-electron chi connectivity index (χ2n) is 5.32. The summed E-state index contributed by atoms with van der Waals surface area (Å²) in [5, 5.41) is 1.61. The van der Waals surface area contributed by atoms with Crippen molar-refractivity contribution in [3.05, 3.63) is 83.6 Å². The van der Waals surface area contributed by atoms with Gasteiger partial charge in [0.15, 0.2) is 0 Å². The van der Waals surface area contributed by atoms with Gasteiger partial charge in [0.05, 0.1) is 4.90 Å². The van der Waals surface area contributed by atoms with Gasteiger partial charge in [0.1, 0.15) is 17.2 Å². The molecule has 0 unspecified atom stereocenters. The standard InChI is InChI=1S/C20H12ClFOS/c21-14-8-11-18-17(12-14)20(24-16-4-2-1-3-5-16)19(23-18)13-6-9-15(22)10-7-13/h1-12H. The van der Waals surface area contributed by atoms with E-state index in [1.54, 1.807) is 30.0 Å². The minimum absolute atomic E-state index is 0.268. The number of halogens is 2. The number of hydrogen-bond donors (Lipinski definition) is 0. The summed E-state index contributed by atoms with van der Waals surface area (Å²) in [7, 11) is 0. The van der Waals surface area contributed by atoms with Crippen LogP contribution in [0.25, 0.3) is 22.3 Å². The van der Waals surface area contributed by atoms with E-state index in [9.17, 15) is 4.39 Å². The summed E-state index contributed by atoms with van der Waals surface area (Å²) in [6.45, 7) is 0. The lowest BCUT2D eigenvalue weighted by molar-refractivity contribution is 0.619. The van der Waals surface area contributed by atoms with E-state index < -0.39 is 0 Å². The van der Waals surface area contributed by atoms with Gasteiger partial charge in [-0.1, -0.05) is 41.6 Å². The molecule has 24 heavy (non-hydrogen) atoms. The van der Waals surface area contributed by atoms with E-state index in [1.165, 1.54) is 12.1 Å². The quantitative estimate of drug-likeness (QED) is 0.391. The van der Waals surface area contributed by atoms with Gasteiger partial charge in [-0.2, -0.15) is 0 Å². The molecule has 0 spiro atoms. The van der Waals surface area contributed by atoms with Crippen LogP contribution < -0.4 is 0 Å². The van der Waals surface area contributed by atoms with Crippen LogP contribution >= 0.6 is 23.4 Å². The zero-order valence-electron chi connectivity index (χ0n) is 12.5. The third-order valence-corrected chi connectivity index (χ3v) is 5.03. The number of hydrogen-bond acceptors (Lipinski definition) is 2. The molecule has 0 saturated heterocycles. The van der Waals surface area contributed by atoms with E-state index in [0.717, 1.165) is 32.1 Å². The Bertz CT molecular complexity index is 994. The van der Waals surface area contributed by atoms with Crippen LogP contribution in [0.15, 0.2) is 87.0 Å². The maximum Gasteiger partial charge on any atom is 0.149 e. The van der Waals surface area contributed by atoms with E-state index in [-0.39, 0.29) is 5.82 Å². The Morgan fingerprint density at radius 1 is 0.875 bits per heavy atom. The second-order valence-corrected chi connectivity index (χ2v) is 6.84. The van der Waals surface area contributed by atoms with Crippen molar-refractivity contribution in [2.45, 2.75) is 9.79 Å². The van der Waals surface area contributed by atoms with Crippen molar-refractivity contribution in [2.75, 3.05) is 0 Å². The smallest absolute Gasteiger partial charge is 0.149 e. The van der Waals surface area contributed by atoms with Crippen molar-refractivity contribution in [2.24, 2.45) is 0 Å². The molecule has 4 heteroatoms. The van der Waals surface area contributed by atoms with E-state index in [0.29, 0.717) is 5.02 Å². The van der Waals surface area contributed by atoms with Crippen LogP contribution in [0.4, 0.5) is 4.39 Å². The van der Waals surface area contributed by atoms with E-state index in [2.05, 4.69) is 0 Å². The molecule has 0 saturated carbocycles. The fourth-order valence-electron chi connectivity index (χ4n) is 2.55. The molecule has 4 rings (SSSR count). The molecule has 0 N–H and O–H groups in total. The minimum Gasteiger partial charge on any atom is -0.455 e. The van der Waals surface area contributed by atoms with Crippen LogP contribution in [-0.4, -0.2) is 0 Å². The van der Waals surface area contributed by atoms with Crippen molar-refractivity contribution in [1.29, 1.82) is 0 Å². The number of furan rings is 1. The number of benzene rings is 3. The van der Waals surface area contributed by atoms with Gasteiger partial charge in [0, 0.05) is 20.9 Å². The van der Waals surface area contributed by atoms with Gasteiger partial charge >= 0.3 is 0 Å². The van der Waals surface area contributed by atoms with Gasteiger partial charge in [0.25, 0.3) is 0 Å². The summed E-state index contributed by atoms with van der Waals surface area (Å²) in [6.07, 6.45) is 0. The molecule has 1 heterocycles. The average Bonchev–Trinajstić information content (AvgIpc) is 2.94. The topological polar surface area (TPSA) is 13.1 Å². The zero-order chi connectivity index (χ0) is 16.5. The second kappa shape index (κ2) is 6.34. The van der Waals surface area contributed by atoms with Crippen molar-refractivity contribution >= 4 is 34.3 Å². The van der Waals surface area contributed by atoms with Crippen molar-refractivity contribution < 1.29 is 8.81 Å². The lowest BCUT2D eigenvalue weighted by Gasteiger charge is -2.04. The summed E-state index contributed by atoms with van der Waals surface area (Å²) in [5.41, 5.74) is 1.60. The van der Waals surface area contributed by atoms with Crippen LogP contribution in [0.3, 0.4) is 0 Å².